The molecule has 0 saturated carbocycles. The molecule has 0 heterocycles. The van der Waals surface area contributed by atoms with Gasteiger partial charge in [0.2, 0.25) is 0 Å². The average Bonchev–Trinajstić information content (AvgIpc) is 2.48. The lowest BCUT2D eigenvalue weighted by Gasteiger charge is -2.16. The average molecular weight is 354 g/mol. The lowest BCUT2D eigenvalue weighted by molar-refractivity contribution is -0.384. The number of benzene rings is 2. The first kappa shape index (κ1) is 17.1. The zero-order valence-corrected chi connectivity index (χ0v) is 13.9. The standard InChI is InChI=1S/C15H13Cl2N3O3/c1-19(2)13-8-12(11(17)7-14(13)20(22)23)18-15(21)9-5-3-4-6-10(9)16/h3-8H,1-2H3,(H,18,21). The second-order valence-electron chi connectivity index (χ2n) is 4.91. The van der Waals surface area contributed by atoms with E-state index in [0.29, 0.717) is 10.7 Å². The number of amides is 1. The van der Waals surface area contributed by atoms with Gasteiger partial charge in [-0.15, -0.1) is 0 Å². The van der Waals surface area contributed by atoms with Crippen molar-refractivity contribution >= 4 is 46.2 Å². The maximum Gasteiger partial charge on any atom is 0.294 e. The van der Waals surface area contributed by atoms with Crippen molar-refractivity contribution in [2.24, 2.45) is 0 Å². The summed E-state index contributed by atoms with van der Waals surface area (Å²) in [6.07, 6.45) is 0. The van der Waals surface area contributed by atoms with Gasteiger partial charge in [-0.05, 0) is 18.2 Å². The van der Waals surface area contributed by atoms with Crippen molar-refractivity contribution in [2.75, 3.05) is 24.3 Å². The molecule has 2 aromatic carbocycles. The fourth-order valence-corrected chi connectivity index (χ4v) is 2.41. The number of halogens is 2. The quantitative estimate of drug-likeness (QED) is 0.659. The molecule has 0 aliphatic rings. The highest BCUT2D eigenvalue weighted by atomic mass is 35.5. The van der Waals surface area contributed by atoms with Crippen molar-refractivity contribution in [3.05, 3.63) is 62.1 Å². The molecule has 0 spiro atoms. The minimum Gasteiger partial charge on any atom is -0.372 e. The van der Waals surface area contributed by atoms with Gasteiger partial charge in [0.05, 0.1) is 26.2 Å². The zero-order chi connectivity index (χ0) is 17.1. The molecule has 1 N–H and O–H groups in total. The summed E-state index contributed by atoms with van der Waals surface area (Å²) in [5.41, 5.74) is 0.741. The third-order valence-electron chi connectivity index (χ3n) is 3.11. The largest absolute Gasteiger partial charge is 0.372 e. The van der Waals surface area contributed by atoms with E-state index in [1.54, 1.807) is 43.3 Å². The van der Waals surface area contributed by atoms with E-state index in [-0.39, 0.29) is 22.0 Å². The summed E-state index contributed by atoms with van der Waals surface area (Å²) in [5.74, 6) is -0.448. The Bertz CT molecular complexity index is 779. The van der Waals surface area contributed by atoms with E-state index in [1.807, 2.05) is 0 Å². The van der Waals surface area contributed by atoms with Gasteiger partial charge in [-0.2, -0.15) is 0 Å². The summed E-state index contributed by atoms with van der Waals surface area (Å²) in [7, 11) is 3.33. The van der Waals surface area contributed by atoms with E-state index >= 15 is 0 Å². The number of hydrogen-bond donors (Lipinski definition) is 1. The summed E-state index contributed by atoms with van der Waals surface area (Å²) >= 11 is 12.0. The molecule has 2 aromatic rings. The second-order valence-corrected chi connectivity index (χ2v) is 5.72. The third kappa shape index (κ3) is 3.72. The number of hydrogen-bond acceptors (Lipinski definition) is 4. The normalized spacial score (nSPS) is 10.3. The first-order valence-corrected chi connectivity index (χ1v) is 7.28. The monoisotopic (exact) mass is 353 g/mol. The lowest BCUT2D eigenvalue weighted by atomic mass is 10.2. The summed E-state index contributed by atoms with van der Waals surface area (Å²) in [6, 6.07) is 9.23. The summed E-state index contributed by atoms with van der Waals surface area (Å²) in [6.45, 7) is 0. The van der Waals surface area contributed by atoms with E-state index in [1.165, 1.54) is 12.1 Å². The molecule has 0 unspecified atom stereocenters. The number of nitrogens with zero attached hydrogens (tertiary/aromatic N) is 2. The Morgan fingerprint density at radius 2 is 1.83 bits per heavy atom. The van der Waals surface area contributed by atoms with Crippen molar-refractivity contribution in [3.63, 3.8) is 0 Å². The van der Waals surface area contributed by atoms with Gasteiger partial charge < -0.3 is 10.2 Å². The fraction of sp³-hybridized carbons (Fsp3) is 0.133. The van der Waals surface area contributed by atoms with Crippen LogP contribution in [0.2, 0.25) is 10.0 Å². The van der Waals surface area contributed by atoms with Gasteiger partial charge in [-0.1, -0.05) is 35.3 Å². The number of nitro benzene ring substituents is 1. The van der Waals surface area contributed by atoms with Crippen molar-refractivity contribution < 1.29 is 9.72 Å². The van der Waals surface area contributed by atoms with Crippen LogP contribution in [0.4, 0.5) is 17.1 Å². The number of anilines is 2. The minimum absolute atomic E-state index is 0.0719. The zero-order valence-electron chi connectivity index (χ0n) is 12.3. The predicted octanol–water partition coefficient (Wildman–Crippen LogP) is 4.22. The van der Waals surface area contributed by atoms with E-state index in [0.717, 1.165) is 0 Å². The molecule has 0 aromatic heterocycles. The molecular weight excluding hydrogens is 341 g/mol. The maximum absolute atomic E-state index is 12.3. The molecule has 23 heavy (non-hydrogen) atoms. The second kappa shape index (κ2) is 6.85. The van der Waals surface area contributed by atoms with E-state index < -0.39 is 10.8 Å². The van der Waals surface area contributed by atoms with Crippen LogP contribution in [0.25, 0.3) is 0 Å². The van der Waals surface area contributed by atoms with Crippen molar-refractivity contribution in [1.82, 2.24) is 0 Å². The molecule has 0 radical (unpaired) electrons. The van der Waals surface area contributed by atoms with Crippen LogP contribution in [0.15, 0.2) is 36.4 Å². The molecular formula is C15H13Cl2N3O3. The SMILES string of the molecule is CN(C)c1cc(NC(=O)c2ccccc2Cl)c(Cl)cc1[N+](=O)[O-]. The Kier molecular flexibility index (Phi) is 5.08. The van der Waals surface area contributed by atoms with Gasteiger partial charge in [0.15, 0.2) is 0 Å². The highest BCUT2D eigenvalue weighted by Crippen LogP contribution is 2.36. The van der Waals surface area contributed by atoms with Crippen LogP contribution >= 0.6 is 23.2 Å². The van der Waals surface area contributed by atoms with Crippen molar-refractivity contribution in [2.45, 2.75) is 0 Å². The number of carbonyl (C=O) groups excluding carboxylic acids is 1. The summed E-state index contributed by atoms with van der Waals surface area (Å²) < 4.78 is 0. The van der Waals surface area contributed by atoms with Crippen LogP contribution in [0, 0.1) is 10.1 Å². The van der Waals surface area contributed by atoms with Gasteiger partial charge in [0, 0.05) is 20.2 Å². The van der Waals surface area contributed by atoms with E-state index in [4.69, 9.17) is 23.2 Å². The Labute approximate surface area is 142 Å². The Morgan fingerprint density at radius 1 is 1.17 bits per heavy atom. The highest BCUT2D eigenvalue weighted by Gasteiger charge is 2.20. The van der Waals surface area contributed by atoms with Gasteiger partial charge in [-0.3, -0.25) is 14.9 Å². The van der Waals surface area contributed by atoms with Crippen molar-refractivity contribution in [1.29, 1.82) is 0 Å². The van der Waals surface area contributed by atoms with E-state index in [2.05, 4.69) is 5.32 Å². The maximum atomic E-state index is 12.3. The molecule has 0 bridgehead atoms. The fourth-order valence-electron chi connectivity index (χ4n) is 1.99. The molecule has 120 valence electrons. The predicted molar refractivity (Wildman–Crippen MR) is 91.8 cm³/mol. The summed E-state index contributed by atoms with van der Waals surface area (Å²) in [5, 5.41) is 14.1. The molecule has 1 amide bonds. The molecule has 0 aliphatic heterocycles. The smallest absolute Gasteiger partial charge is 0.294 e. The van der Waals surface area contributed by atoms with Gasteiger partial charge >= 0.3 is 0 Å². The molecule has 0 fully saturated rings. The Hall–Kier alpha value is -2.31. The number of rotatable bonds is 4. The van der Waals surface area contributed by atoms with Crippen LogP contribution in [-0.2, 0) is 0 Å². The molecule has 0 saturated heterocycles. The van der Waals surface area contributed by atoms with Crippen LogP contribution in [0.1, 0.15) is 10.4 Å². The van der Waals surface area contributed by atoms with Gasteiger partial charge in [-0.25, -0.2) is 0 Å². The number of nitro groups is 1. The Balaban J connectivity index is 2.41. The Morgan fingerprint density at radius 3 is 2.39 bits per heavy atom. The molecule has 0 aliphatic carbocycles. The molecule has 2 rings (SSSR count). The summed E-state index contributed by atoms with van der Waals surface area (Å²) in [4.78, 5) is 24.4. The van der Waals surface area contributed by atoms with E-state index in [9.17, 15) is 14.9 Å². The first-order valence-electron chi connectivity index (χ1n) is 6.52. The lowest BCUT2D eigenvalue weighted by Crippen LogP contribution is -2.15. The van der Waals surface area contributed by atoms with Crippen molar-refractivity contribution in [3.8, 4) is 0 Å². The molecule has 6 nitrogen and oxygen atoms in total. The van der Waals surface area contributed by atoms with Gasteiger partial charge in [0.1, 0.15) is 5.69 Å². The van der Waals surface area contributed by atoms with Crippen LogP contribution in [0.5, 0.6) is 0 Å². The van der Waals surface area contributed by atoms with Crippen LogP contribution in [0.3, 0.4) is 0 Å². The number of carbonyl (C=O) groups is 1. The third-order valence-corrected chi connectivity index (χ3v) is 3.75. The molecule has 8 heteroatoms. The van der Waals surface area contributed by atoms with Crippen LogP contribution in [-0.4, -0.2) is 24.9 Å². The number of nitrogens with one attached hydrogen (secondary N) is 1. The minimum atomic E-state index is -0.527. The molecule has 0 atom stereocenters. The van der Waals surface area contributed by atoms with Gasteiger partial charge in [0.25, 0.3) is 11.6 Å². The highest BCUT2D eigenvalue weighted by molar-refractivity contribution is 6.36. The first-order chi connectivity index (χ1) is 10.8. The topological polar surface area (TPSA) is 75.5 Å². The van der Waals surface area contributed by atoms with Crippen LogP contribution < -0.4 is 10.2 Å².